The molecular weight excluding hydrogens is 453 g/mol. The summed E-state index contributed by atoms with van der Waals surface area (Å²) in [6.45, 7) is 0.942. The van der Waals surface area contributed by atoms with E-state index in [2.05, 4.69) is 10.1 Å². The van der Waals surface area contributed by atoms with Crippen LogP contribution in [0.5, 0.6) is 11.5 Å². The topological polar surface area (TPSA) is 94.2 Å². The smallest absolute Gasteiger partial charge is 0.495 e. The molecule has 0 bridgehead atoms. The summed E-state index contributed by atoms with van der Waals surface area (Å²) >= 11 is 0. The minimum absolute atomic E-state index is 0.0166. The van der Waals surface area contributed by atoms with Crippen molar-refractivity contribution in [3.8, 4) is 11.5 Å². The average molecular weight is 474 g/mol. The number of halogens is 3. The third kappa shape index (κ3) is 5.90. The van der Waals surface area contributed by atoms with Gasteiger partial charge in [-0.25, -0.2) is 8.42 Å². The predicted octanol–water partition coefficient (Wildman–Crippen LogP) is 2.54. The van der Waals surface area contributed by atoms with E-state index in [0.29, 0.717) is 5.56 Å². The summed E-state index contributed by atoms with van der Waals surface area (Å²) in [5, 5.41) is 2.61. The van der Waals surface area contributed by atoms with Gasteiger partial charge in [-0.15, -0.1) is 13.2 Å². The number of hydrogen-bond acceptors (Lipinski definition) is 6. The standard InChI is InChI=1S/C20H21F3N2O6S/c1-29-17-7-4-15(12-18(17)32(27,28)25-8-10-30-11-9-25)19(26)24-13-14-2-5-16(6-3-14)31-20(21,22)23/h2-7,12H,8-11,13H2,1H3,(H,24,26). The molecule has 1 amide bonds. The van der Waals surface area contributed by atoms with Crippen LogP contribution in [0.25, 0.3) is 0 Å². The Morgan fingerprint density at radius 3 is 2.38 bits per heavy atom. The average Bonchev–Trinajstić information content (AvgIpc) is 2.77. The largest absolute Gasteiger partial charge is 0.573 e. The fourth-order valence-electron chi connectivity index (χ4n) is 3.04. The highest BCUT2D eigenvalue weighted by Crippen LogP contribution is 2.28. The first-order valence-electron chi connectivity index (χ1n) is 9.49. The summed E-state index contributed by atoms with van der Waals surface area (Å²) in [6, 6.07) is 9.08. The van der Waals surface area contributed by atoms with Gasteiger partial charge in [-0.3, -0.25) is 4.79 Å². The van der Waals surface area contributed by atoms with E-state index in [1.54, 1.807) is 0 Å². The molecular formula is C20H21F3N2O6S. The van der Waals surface area contributed by atoms with Crippen molar-refractivity contribution in [2.24, 2.45) is 0 Å². The van der Waals surface area contributed by atoms with Crippen molar-refractivity contribution < 1.29 is 40.6 Å². The van der Waals surface area contributed by atoms with Crippen LogP contribution in [0.4, 0.5) is 13.2 Å². The summed E-state index contributed by atoms with van der Waals surface area (Å²) in [7, 11) is -2.57. The number of benzene rings is 2. The molecule has 1 aliphatic heterocycles. The molecule has 2 aromatic rings. The summed E-state index contributed by atoms with van der Waals surface area (Å²) in [5.74, 6) is -0.823. The van der Waals surface area contributed by atoms with Crippen LogP contribution in [0.2, 0.25) is 0 Å². The van der Waals surface area contributed by atoms with Crippen LogP contribution in [0, 0.1) is 0 Å². The Hall–Kier alpha value is -2.83. The third-order valence-corrected chi connectivity index (χ3v) is 6.54. The molecule has 0 aliphatic carbocycles. The highest BCUT2D eigenvalue weighted by atomic mass is 32.2. The second kappa shape index (κ2) is 9.76. The summed E-state index contributed by atoms with van der Waals surface area (Å²) in [6.07, 6.45) is -4.79. The Morgan fingerprint density at radius 1 is 1.12 bits per heavy atom. The molecule has 0 atom stereocenters. The summed E-state index contributed by atoms with van der Waals surface area (Å²) in [4.78, 5) is 12.4. The van der Waals surface area contributed by atoms with Gasteiger partial charge in [0, 0.05) is 25.2 Å². The number of ether oxygens (including phenoxy) is 3. The lowest BCUT2D eigenvalue weighted by atomic mass is 10.2. The van der Waals surface area contributed by atoms with E-state index in [9.17, 15) is 26.4 Å². The van der Waals surface area contributed by atoms with Crippen LogP contribution < -0.4 is 14.8 Å². The van der Waals surface area contributed by atoms with Gasteiger partial charge in [0.1, 0.15) is 16.4 Å². The van der Waals surface area contributed by atoms with E-state index in [-0.39, 0.29) is 54.8 Å². The van der Waals surface area contributed by atoms with E-state index >= 15 is 0 Å². The van der Waals surface area contributed by atoms with Gasteiger partial charge in [0.25, 0.3) is 5.91 Å². The van der Waals surface area contributed by atoms with Crippen molar-refractivity contribution in [3.63, 3.8) is 0 Å². The Morgan fingerprint density at radius 2 is 1.78 bits per heavy atom. The molecule has 0 radical (unpaired) electrons. The van der Waals surface area contributed by atoms with Crippen LogP contribution in [0.15, 0.2) is 47.4 Å². The number of carbonyl (C=O) groups is 1. The van der Waals surface area contributed by atoms with Gasteiger partial charge in [-0.05, 0) is 35.9 Å². The molecule has 0 saturated carbocycles. The Kier molecular flexibility index (Phi) is 7.26. The number of rotatable bonds is 7. The summed E-state index contributed by atoms with van der Waals surface area (Å²) in [5.41, 5.74) is 0.622. The van der Waals surface area contributed by atoms with Gasteiger partial charge in [-0.1, -0.05) is 12.1 Å². The zero-order valence-electron chi connectivity index (χ0n) is 17.0. The second-order valence-electron chi connectivity index (χ2n) is 6.76. The van der Waals surface area contributed by atoms with Gasteiger partial charge in [0.05, 0.1) is 20.3 Å². The maximum Gasteiger partial charge on any atom is 0.573 e. The van der Waals surface area contributed by atoms with Crippen LogP contribution in [0.1, 0.15) is 15.9 Å². The van der Waals surface area contributed by atoms with Crippen LogP contribution in [0.3, 0.4) is 0 Å². The van der Waals surface area contributed by atoms with Crippen LogP contribution in [-0.4, -0.2) is 58.4 Å². The number of carbonyl (C=O) groups excluding carboxylic acids is 1. The number of morpholine rings is 1. The fraction of sp³-hybridized carbons (Fsp3) is 0.350. The van der Waals surface area contributed by atoms with Gasteiger partial charge in [-0.2, -0.15) is 4.31 Å². The molecule has 0 spiro atoms. The summed E-state index contributed by atoms with van der Waals surface area (Å²) < 4.78 is 78.2. The lowest BCUT2D eigenvalue weighted by molar-refractivity contribution is -0.274. The van der Waals surface area contributed by atoms with Crippen molar-refractivity contribution in [2.75, 3.05) is 33.4 Å². The zero-order chi connectivity index (χ0) is 23.4. The Balaban J connectivity index is 1.72. The van der Waals surface area contributed by atoms with Gasteiger partial charge in [0.15, 0.2) is 0 Å². The van der Waals surface area contributed by atoms with Crippen LogP contribution in [-0.2, 0) is 21.3 Å². The third-order valence-electron chi connectivity index (χ3n) is 4.62. The molecule has 3 rings (SSSR count). The molecule has 0 aromatic heterocycles. The predicted molar refractivity (Wildman–Crippen MR) is 107 cm³/mol. The quantitative estimate of drug-likeness (QED) is 0.663. The van der Waals surface area contributed by atoms with Crippen molar-refractivity contribution in [3.05, 3.63) is 53.6 Å². The molecule has 1 aliphatic rings. The first kappa shape index (κ1) is 23.8. The molecule has 1 heterocycles. The lowest BCUT2D eigenvalue weighted by Crippen LogP contribution is -2.40. The zero-order valence-corrected chi connectivity index (χ0v) is 17.8. The first-order valence-corrected chi connectivity index (χ1v) is 10.9. The Labute approximate surface area is 182 Å². The van der Waals surface area contributed by atoms with Gasteiger partial charge >= 0.3 is 6.36 Å². The maximum absolute atomic E-state index is 13.0. The highest BCUT2D eigenvalue weighted by molar-refractivity contribution is 7.89. The van der Waals surface area contributed by atoms with E-state index in [1.807, 2.05) is 0 Å². The molecule has 8 nitrogen and oxygen atoms in total. The fourth-order valence-corrected chi connectivity index (χ4v) is 4.63. The minimum Gasteiger partial charge on any atom is -0.495 e. The molecule has 1 fully saturated rings. The van der Waals surface area contributed by atoms with Crippen molar-refractivity contribution in [2.45, 2.75) is 17.8 Å². The van der Waals surface area contributed by atoms with Crippen LogP contribution >= 0.6 is 0 Å². The van der Waals surface area contributed by atoms with Gasteiger partial charge in [0.2, 0.25) is 10.0 Å². The Bertz CT molecular complexity index is 1050. The first-order chi connectivity index (χ1) is 15.1. The van der Waals surface area contributed by atoms with E-state index in [4.69, 9.17) is 9.47 Å². The SMILES string of the molecule is COc1ccc(C(=O)NCc2ccc(OC(F)(F)F)cc2)cc1S(=O)(=O)N1CCOCC1. The molecule has 0 unspecified atom stereocenters. The number of alkyl halides is 3. The lowest BCUT2D eigenvalue weighted by Gasteiger charge is -2.26. The maximum atomic E-state index is 13.0. The molecule has 12 heteroatoms. The number of methoxy groups -OCH3 is 1. The van der Waals surface area contributed by atoms with Crippen molar-refractivity contribution in [1.82, 2.24) is 9.62 Å². The highest BCUT2D eigenvalue weighted by Gasteiger charge is 2.31. The number of hydrogen-bond donors (Lipinski definition) is 1. The number of nitrogens with one attached hydrogen (secondary N) is 1. The normalized spacial score (nSPS) is 15.2. The van der Waals surface area contributed by atoms with Gasteiger partial charge < -0.3 is 19.5 Å². The minimum atomic E-state index is -4.79. The molecule has 174 valence electrons. The second-order valence-corrected chi connectivity index (χ2v) is 8.66. The van der Waals surface area contributed by atoms with E-state index < -0.39 is 22.3 Å². The monoisotopic (exact) mass is 474 g/mol. The number of sulfonamides is 1. The molecule has 1 saturated heterocycles. The molecule has 2 aromatic carbocycles. The molecule has 1 N–H and O–H groups in total. The van der Waals surface area contributed by atoms with E-state index in [0.717, 1.165) is 12.1 Å². The van der Waals surface area contributed by atoms with Crippen molar-refractivity contribution >= 4 is 15.9 Å². The molecule has 32 heavy (non-hydrogen) atoms. The number of amides is 1. The van der Waals surface area contributed by atoms with E-state index in [1.165, 1.54) is 41.7 Å². The van der Waals surface area contributed by atoms with Crippen molar-refractivity contribution in [1.29, 1.82) is 0 Å². The number of nitrogens with zero attached hydrogens (tertiary/aromatic N) is 1.